The maximum atomic E-state index is 11.2. The van der Waals surface area contributed by atoms with Gasteiger partial charge in [-0.3, -0.25) is 0 Å². The Morgan fingerprint density at radius 1 is 1.40 bits per heavy atom. The van der Waals surface area contributed by atoms with Crippen molar-refractivity contribution < 1.29 is 14.6 Å². The van der Waals surface area contributed by atoms with E-state index in [1.54, 1.807) is 18.2 Å². The first-order chi connectivity index (χ1) is 7.15. The van der Waals surface area contributed by atoms with E-state index in [0.717, 1.165) is 5.56 Å². The first-order valence-corrected chi connectivity index (χ1v) is 4.78. The molecule has 1 unspecified atom stereocenters. The van der Waals surface area contributed by atoms with Gasteiger partial charge in [0, 0.05) is 12.0 Å². The Morgan fingerprint density at radius 2 is 2.07 bits per heavy atom. The summed E-state index contributed by atoms with van der Waals surface area (Å²) in [6.45, 7) is 1.96. The first-order valence-electron chi connectivity index (χ1n) is 4.78. The predicted octanol–water partition coefficient (Wildman–Crippen LogP) is 2.21. The average Bonchev–Trinajstić information content (AvgIpc) is 2.69. The number of hydrogen-bond donors (Lipinski definition) is 1. The molecule has 1 aliphatic rings. The molecule has 1 aromatic rings. The van der Waals surface area contributed by atoms with Gasteiger partial charge in [0.25, 0.3) is 0 Å². The summed E-state index contributed by atoms with van der Waals surface area (Å²) in [6.07, 6.45) is 3.56. The van der Waals surface area contributed by atoms with Crippen molar-refractivity contribution in [1.29, 1.82) is 0 Å². The van der Waals surface area contributed by atoms with Crippen LogP contribution in [0.5, 0.6) is 0 Å². The summed E-state index contributed by atoms with van der Waals surface area (Å²) in [4.78, 5) is 11.2. The van der Waals surface area contributed by atoms with Gasteiger partial charge < -0.3 is 9.84 Å². The molecule has 78 valence electrons. The summed E-state index contributed by atoms with van der Waals surface area (Å²) in [6, 6.07) is 7.39. The van der Waals surface area contributed by atoms with Crippen molar-refractivity contribution >= 4 is 5.97 Å². The van der Waals surface area contributed by atoms with Gasteiger partial charge in [-0.15, -0.1) is 0 Å². The molecule has 15 heavy (non-hydrogen) atoms. The van der Waals surface area contributed by atoms with E-state index in [4.69, 9.17) is 4.74 Å². The zero-order valence-electron chi connectivity index (χ0n) is 8.43. The fourth-order valence-electron chi connectivity index (χ4n) is 1.70. The van der Waals surface area contributed by atoms with Crippen molar-refractivity contribution in [3.05, 3.63) is 47.7 Å². The fourth-order valence-corrected chi connectivity index (χ4v) is 1.70. The van der Waals surface area contributed by atoms with Crippen LogP contribution in [-0.4, -0.2) is 11.1 Å². The van der Waals surface area contributed by atoms with Gasteiger partial charge in [0.1, 0.15) is 0 Å². The molecule has 1 aliphatic heterocycles. The first kappa shape index (κ1) is 9.77. The van der Waals surface area contributed by atoms with Crippen molar-refractivity contribution in [3.63, 3.8) is 0 Å². The Kier molecular flexibility index (Phi) is 2.23. The largest absolute Gasteiger partial charge is 0.478 e. The summed E-state index contributed by atoms with van der Waals surface area (Å²) in [5.74, 6) is -0.948. The molecule has 0 bridgehead atoms. The predicted molar refractivity (Wildman–Crippen MR) is 55.3 cm³/mol. The normalized spacial score (nSPS) is 23.8. The Morgan fingerprint density at radius 3 is 2.53 bits per heavy atom. The molecule has 1 aromatic carbocycles. The minimum atomic E-state index is -1.21. The van der Waals surface area contributed by atoms with Gasteiger partial charge in [0.15, 0.2) is 0 Å². The van der Waals surface area contributed by atoms with Crippen molar-refractivity contribution in [2.45, 2.75) is 18.9 Å². The van der Waals surface area contributed by atoms with Gasteiger partial charge in [0.2, 0.25) is 5.60 Å². The number of ether oxygens (including phenoxy) is 1. The van der Waals surface area contributed by atoms with E-state index in [-0.39, 0.29) is 0 Å². The lowest BCUT2D eigenvalue weighted by atomic mass is 9.91. The van der Waals surface area contributed by atoms with Crippen LogP contribution in [0.25, 0.3) is 0 Å². The third-order valence-corrected chi connectivity index (χ3v) is 2.63. The average molecular weight is 204 g/mol. The molecule has 1 heterocycles. The molecule has 3 nitrogen and oxygen atoms in total. The highest BCUT2D eigenvalue weighted by Crippen LogP contribution is 2.34. The molecule has 0 aliphatic carbocycles. The van der Waals surface area contributed by atoms with Crippen molar-refractivity contribution in [2.75, 3.05) is 0 Å². The van der Waals surface area contributed by atoms with Crippen LogP contribution in [0, 0.1) is 6.92 Å². The number of hydrogen-bond acceptors (Lipinski definition) is 2. The second kappa shape index (κ2) is 3.42. The van der Waals surface area contributed by atoms with E-state index >= 15 is 0 Å². The van der Waals surface area contributed by atoms with Gasteiger partial charge in [0.05, 0.1) is 6.26 Å². The van der Waals surface area contributed by atoms with Crippen LogP contribution in [0.2, 0.25) is 0 Å². The lowest BCUT2D eigenvalue weighted by molar-refractivity contribution is -0.158. The number of rotatable bonds is 2. The van der Waals surface area contributed by atoms with Crippen LogP contribution in [0.4, 0.5) is 0 Å². The van der Waals surface area contributed by atoms with Gasteiger partial charge >= 0.3 is 5.97 Å². The summed E-state index contributed by atoms with van der Waals surface area (Å²) < 4.78 is 5.25. The minimum absolute atomic E-state index is 0.380. The number of aliphatic carboxylic acids is 1. The Balaban J connectivity index is 2.42. The highest BCUT2D eigenvalue weighted by atomic mass is 16.5. The van der Waals surface area contributed by atoms with E-state index in [9.17, 15) is 9.90 Å². The molecule has 0 aromatic heterocycles. The van der Waals surface area contributed by atoms with Crippen molar-refractivity contribution in [2.24, 2.45) is 0 Å². The molecule has 2 rings (SSSR count). The summed E-state index contributed by atoms with van der Waals surface area (Å²) in [5.41, 5.74) is 0.573. The Bertz CT molecular complexity index is 395. The van der Waals surface area contributed by atoms with Crippen LogP contribution in [0.3, 0.4) is 0 Å². The molecule has 0 saturated heterocycles. The second-order valence-electron chi connectivity index (χ2n) is 3.69. The van der Waals surface area contributed by atoms with E-state index < -0.39 is 11.6 Å². The third kappa shape index (κ3) is 1.50. The smallest absolute Gasteiger partial charge is 0.353 e. The Labute approximate surface area is 88.0 Å². The number of benzene rings is 1. The van der Waals surface area contributed by atoms with Gasteiger partial charge in [-0.2, -0.15) is 0 Å². The van der Waals surface area contributed by atoms with E-state index in [1.807, 2.05) is 19.1 Å². The van der Waals surface area contributed by atoms with E-state index in [1.165, 1.54) is 6.26 Å². The molecule has 1 atom stereocenters. The van der Waals surface area contributed by atoms with Gasteiger partial charge in [-0.05, 0) is 13.0 Å². The molecule has 0 amide bonds. The van der Waals surface area contributed by atoms with Gasteiger partial charge in [-0.25, -0.2) is 4.79 Å². The van der Waals surface area contributed by atoms with Crippen molar-refractivity contribution in [1.82, 2.24) is 0 Å². The van der Waals surface area contributed by atoms with Crippen LogP contribution in [0.1, 0.15) is 17.5 Å². The number of aryl methyl sites for hydroxylation is 1. The molecular weight excluding hydrogens is 192 g/mol. The van der Waals surface area contributed by atoms with Crippen molar-refractivity contribution in [3.8, 4) is 0 Å². The SMILES string of the molecule is Cc1ccc(C2(C(=O)O)CC=CO2)cc1. The summed E-state index contributed by atoms with van der Waals surface area (Å²) >= 11 is 0. The maximum Gasteiger partial charge on any atom is 0.353 e. The maximum absolute atomic E-state index is 11.2. The molecule has 3 heteroatoms. The molecule has 1 N–H and O–H groups in total. The summed E-state index contributed by atoms with van der Waals surface area (Å²) in [7, 11) is 0. The highest BCUT2D eigenvalue weighted by molar-refractivity contribution is 5.80. The Hall–Kier alpha value is -1.77. The molecule has 0 radical (unpaired) electrons. The lowest BCUT2D eigenvalue weighted by Gasteiger charge is -2.24. The van der Waals surface area contributed by atoms with Crippen LogP contribution in [0.15, 0.2) is 36.6 Å². The summed E-state index contributed by atoms with van der Waals surface area (Å²) in [5, 5.41) is 9.22. The van der Waals surface area contributed by atoms with Crippen LogP contribution in [-0.2, 0) is 15.1 Å². The molecule has 0 fully saturated rings. The zero-order valence-corrected chi connectivity index (χ0v) is 8.43. The monoisotopic (exact) mass is 204 g/mol. The molecule has 0 spiro atoms. The molecular formula is C12H12O3. The van der Waals surface area contributed by atoms with E-state index in [0.29, 0.717) is 12.0 Å². The van der Waals surface area contributed by atoms with Gasteiger partial charge in [-0.1, -0.05) is 29.8 Å². The topological polar surface area (TPSA) is 46.5 Å². The highest BCUT2D eigenvalue weighted by Gasteiger charge is 2.43. The van der Waals surface area contributed by atoms with Crippen LogP contribution < -0.4 is 0 Å². The number of carbonyl (C=O) groups is 1. The zero-order chi connectivity index (χ0) is 10.9. The number of carboxylic acid groups (broad SMARTS) is 1. The lowest BCUT2D eigenvalue weighted by Crippen LogP contribution is -2.34. The second-order valence-corrected chi connectivity index (χ2v) is 3.69. The third-order valence-electron chi connectivity index (χ3n) is 2.63. The standard InChI is InChI=1S/C12H12O3/c1-9-3-5-10(6-4-9)12(11(13)14)7-2-8-15-12/h2-6,8H,7H2,1H3,(H,13,14). The number of carboxylic acids is 1. The quantitative estimate of drug-likeness (QED) is 0.803. The minimum Gasteiger partial charge on any atom is -0.478 e. The van der Waals surface area contributed by atoms with Crippen LogP contribution >= 0.6 is 0 Å². The molecule has 0 saturated carbocycles. The fraction of sp³-hybridized carbons (Fsp3) is 0.250. The van der Waals surface area contributed by atoms with E-state index in [2.05, 4.69) is 0 Å².